The van der Waals surface area contributed by atoms with Crippen molar-refractivity contribution in [2.75, 3.05) is 19.7 Å². The summed E-state index contributed by atoms with van der Waals surface area (Å²) in [5, 5.41) is 13.3. The van der Waals surface area contributed by atoms with Crippen molar-refractivity contribution in [2.24, 2.45) is 11.3 Å². The molecule has 2 N–H and O–H groups in total. The van der Waals surface area contributed by atoms with Crippen molar-refractivity contribution in [1.29, 1.82) is 0 Å². The van der Waals surface area contributed by atoms with E-state index in [4.69, 9.17) is 0 Å². The van der Waals surface area contributed by atoms with Crippen molar-refractivity contribution in [3.05, 3.63) is 0 Å². The highest BCUT2D eigenvalue weighted by Crippen LogP contribution is 2.35. The largest absolute Gasteiger partial charge is 0.396 e. The van der Waals surface area contributed by atoms with Crippen LogP contribution in [0.2, 0.25) is 0 Å². The number of hydrogen-bond acceptors (Lipinski definition) is 2. The van der Waals surface area contributed by atoms with Crippen molar-refractivity contribution in [3.63, 3.8) is 0 Å². The first-order valence-electron chi connectivity index (χ1n) is 7.66. The van der Waals surface area contributed by atoms with E-state index in [0.717, 1.165) is 12.5 Å². The van der Waals surface area contributed by atoms with Crippen LogP contribution in [0.1, 0.15) is 64.2 Å². The minimum Gasteiger partial charge on any atom is -0.396 e. The lowest BCUT2D eigenvalue weighted by atomic mass is 9.74. The van der Waals surface area contributed by atoms with Gasteiger partial charge in [-0.15, -0.1) is 0 Å². The first kappa shape index (κ1) is 13.4. The van der Waals surface area contributed by atoms with Crippen LogP contribution in [0.3, 0.4) is 0 Å². The summed E-state index contributed by atoms with van der Waals surface area (Å²) in [4.78, 5) is 0. The maximum Gasteiger partial charge on any atom is 0.0499 e. The number of hydrogen-bond donors (Lipinski definition) is 2. The van der Waals surface area contributed by atoms with Crippen molar-refractivity contribution >= 4 is 0 Å². The molecule has 2 aliphatic carbocycles. The van der Waals surface area contributed by atoms with Crippen LogP contribution in [0.25, 0.3) is 0 Å². The van der Waals surface area contributed by atoms with Gasteiger partial charge >= 0.3 is 0 Å². The Morgan fingerprint density at radius 1 is 0.941 bits per heavy atom. The fraction of sp³-hybridized carbons (Fsp3) is 1.00. The molecule has 2 heteroatoms. The van der Waals surface area contributed by atoms with Crippen LogP contribution >= 0.6 is 0 Å². The van der Waals surface area contributed by atoms with Gasteiger partial charge in [-0.2, -0.15) is 0 Å². The van der Waals surface area contributed by atoms with Crippen molar-refractivity contribution in [1.82, 2.24) is 5.32 Å². The highest BCUT2D eigenvalue weighted by molar-refractivity contribution is 4.84. The van der Waals surface area contributed by atoms with E-state index in [1.807, 2.05) is 0 Å². The fourth-order valence-corrected chi connectivity index (χ4v) is 3.63. The second kappa shape index (κ2) is 6.75. The Bertz CT molecular complexity index is 205. The van der Waals surface area contributed by atoms with E-state index >= 15 is 0 Å². The molecule has 0 aromatic carbocycles. The van der Waals surface area contributed by atoms with E-state index in [1.165, 1.54) is 70.8 Å². The van der Waals surface area contributed by atoms with Gasteiger partial charge in [-0.05, 0) is 38.1 Å². The zero-order valence-electron chi connectivity index (χ0n) is 11.2. The number of aliphatic hydroxyl groups excluding tert-OH is 1. The highest BCUT2D eigenvalue weighted by atomic mass is 16.3. The molecule has 0 aromatic heterocycles. The Labute approximate surface area is 106 Å². The first-order chi connectivity index (χ1) is 8.35. The molecular formula is C15H29NO. The van der Waals surface area contributed by atoms with Gasteiger partial charge < -0.3 is 10.4 Å². The predicted molar refractivity (Wildman–Crippen MR) is 72.0 cm³/mol. The molecule has 0 aliphatic heterocycles. The third-order valence-corrected chi connectivity index (χ3v) is 4.91. The molecule has 17 heavy (non-hydrogen) atoms. The smallest absolute Gasteiger partial charge is 0.0499 e. The zero-order valence-corrected chi connectivity index (χ0v) is 11.2. The minimum atomic E-state index is 0.215. The summed E-state index contributed by atoms with van der Waals surface area (Å²) in [5.41, 5.74) is 0.215. The normalized spacial score (nSPS) is 25.9. The van der Waals surface area contributed by atoms with E-state index < -0.39 is 0 Å². The van der Waals surface area contributed by atoms with Gasteiger partial charge in [-0.3, -0.25) is 0 Å². The van der Waals surface area contributed by atoms with E-state index in [1.54, 1.807) is 0 Å². The summed E-state index contributed by atoms with van der Waals surface area (Å²) in [6.45, 7) is 2.60. The Morgan fingerprint density at radius 3 is 2.24 bits per heavy atom. The van der Waals surface area contributed by atoms with E-state index in [-0.39, 0.29) is 5.41 Å². The monoisotopic (exact) mass is 239 g/mol. The molecule has 0 heterocycles. The average molecular weight is 239 g/mol. The molecule has 100 valence electrons. The lowest BCUT2D eigenvalue weighted by Gasteiger charge is -2.36. The quantitative estimate of drug-likeness (QED) is 0.772. The maximum absolute atomic E-state index is 9.64. The number of aliphatic hydroxyl groups is 1. The molecule has 0 spiro atoms. The van der Waals surface area contributed by atoms with Gasteiger partial charge in [-0.1, -0.05) is 38.5 Å². The van der Waals surface area contributed by atoms with Crippen molar-refractivity contribution in [3.8, 4) is 0 Å². The molecule has 2 rings (SSSR count). The molecule has 0 radical (unpaired) electrons. The molecule has 2 fully saturated rings. The second-order valence-electron chi connectivity index (χ2n) is 6.35. The standard InChI is InChI=1S/C15H29NO/c17-13-15(9-5-2-6-10-15)12-16-11-14-7-3-1-4-8-14/h14,16-17H,1-13H2. The van der Waals surface area contributed by atoms with Crippen molar-refractivity contribution in [2.45, 2.75) is 64.2 Å². The molecule has 0 unspecified atom stereocenters. The van der Waals surface area contributed by atoms with Gasteiger partial charge in [0.1, 0.15) is 0 Å². The summed E-state index contributed by atoms with van der Waals surface area (Å²) in [6.07, 6.45) is 13.6. The molecular weight excluding hydrogens is 210 g/mol. The molecule has 0 saturated heterocycles. The second-order valence-corrected chi connectivity index (χ2v) is 6.35. The summed E-state index contributed by atoms with van der Waals surface area (Å²) in [5.74, 6) is 0.906. The van der Waals surface area contributed by atoms with Crippen LogP contribution in [0, 0.1) is 11.3 Å². The summed E-state index contributed by atoms with van der Waals surface area (Å²) in [7, 11) is 0. The van der Waals surface area contributed by atoms with Crippen molar-refractivity contribution < 1.29 is 5.11 Å². The number of nitrogens with one attached hydrogen (secondary N) is 1. The van der Waals surface area contributed by atoms with Gasteiger partial charge in [0.2, 0.25) is 0 Å². The molecule has 0 bridgehead atoms. The molecule has 2 nitrogen and oxygen atoms in total. The summed E-state index contributed by atoms with van der Waals surface area (Å²) >= 11 is 0. The highest BCUT2D eigenvalue weighted by Gasteiger charge is 2.31. The van der Waals surface area contributed by atoms with Gasteiger partial charge in [0.05, 0.1) is 0 Å². The van der Waals surface area contributed by atoms with Crippen LogP contribution in [0.15, 0.2) is 0 Å². The molecule has 0 aromatic rings. The van der Waals surface area contributed by atoms with E-state index in [2.05, 4.69) is 5.32 Å². The van der Waals surface area contributed by atoms with E-state index in [9.17, 15) is 5.11 Å². The Morgan fingerprint density at radius 2 is 1.59 bits per heavy atom. The van der Waals surface area contributed by atoms with Crippen LogP contribution < -0.4 is 5.32 Å². The SMILES string of the molecule is OCC1(CNCC2CCCCC2)CCCCC1. The third kappa shape index (κ3) is 3.96. The third-order valence-electron chi connectivity index (χ3n) is 4.91. The predicted octanol–water partition coefficient (Wildman–Crippen LogP) is 3.10. The summed E-state index contributed by atoms with van der Waals surface area (Å²) < 4.78 is 0. The molecule has 2 aliphatic rings. The Balaban J connectivity index is 1.68. The lowest BCUT2D eigenvalue weighted by Crippen LogP contribution is -2.40. The molecule has 0 amide bonds. The topological polar surface area (TPSA) is 32.3 Å². The average Bonchev–Trinajstić information content (AvgIpc) is 2.41. The van der Waals surface area contributed by atoms with Gasteiger partial charge in [0, 0.05) is 18.6 Å². The Hall–Kier alpha value is -0.0800. The van der Waals surface area contributed by atoms with Gasteiger partial charge in [-0.25, -0.2) is 0 Å². The summed E-state index contributed by atoms with van der Waals surface area (Å²) in [6, 6.07) is 0. The molecule has 0 atom stereocenters. The molecule has 2 saturated carbocycles. The van der Waals surface area contributed by atoms with Crippen LogP contribution in [0.4, 0.5) is 0 Å². The lowest BCUT2D eigenvalue weighted by molar-refractivity contribution is 0.0798. The van der Waals surface area contributed by atoms with Gasteiger partial charge in [0.15, 0.2) is 0 Å². The van der Waals surface area contributed by atoms with Crippen LogP contribution in [-0.2, 0) is 0 Å². The van der Waals surface area contributed by atoms with Crippen LogP contribution in [-0.4, -0.2) is 24.8 Å². The maximum atomic E-state index is 9.64. The number of rotatable bonds is 5. The van der Waals surface area contributed by atoms with E-state index in [0.29, 0.717) is 6.61 Å². The fourth-order valence-electron chi connectivity index (χ4n) is 3.63. The zero-order chi connectivity index (χ0) is 12.0. The van der Waals surface area contributed by atoms with Crippen LogP contribution in [0.5, 0.6) is 0 Å². The van der Waals surface area contributed by atoms with Gasteiger partial charge in [0.25, 0.3) is 0 Å². The Kier molecular flexibility index (Phi) is 5.30. The first-order valence-corrected chi connectivity index (χ1v) is 7.66. The minimum absolute atomic E-state index is 0.215.